The quantitative estimate of drug-likeness (QED) is 0.328. The molecule has 0 aliphatic heterocycles. The Morgan fingerprint density at radius 1 is 1.50 bits per heavy atom. The molecule has 1 aromatic carbocycles. The van der Waals surface area contributed by atoms with Crippen LogP contribution in [-0.2, 0) is 11.2 Å². The number of oxime groups is 1. The molecule has 5 nitrogen and oxygen atoms in total. The van der Waals surface area contributed by atoms with Gasteiger partial charge in [0.25, 0.3) is 0 Å². The molecule has 0 aromatic heterocycles. The fraction of sp³-hybridized carbons (Fsp3) is 0.385. The van der Waals surface area contributed by atoms with Crippen molar-refractivity contribution >= 4 is 11.7 Å². The molecule has 1 aliphatic carbocycles. The van der Waals surface area contributed by atoms with E-state index in [2.05, 4.69) is 10.5 Å². The number of benzene rings is 1. The minimum absolute atomic E-state index is 0.0690. The van der Waals surface area contributed by atoms with Gasteiger partial charge in [-0.2, -0.15) is 0 Å². The first-order valence-corrected chi connectivity index (χ1v) is 6.22. The Morgan fingerprint density at radius 3 is 2.75 bits per heavy atom. The summed E-state index contributed by atoms with van der Waals surface area (Å²) in [6, 6.07) is 2.49. The summed E-state index contributed by atoms with van der Waals surface area (Å²) in [5.41, 5.74) is 5.61. The van der Waals surface area contributed by atoms with Gasteiger partial charge in [0.2, 0.25) is 5.91 Å². The summed E-state index contributed by atoms with van der Waals surface area (Å²) in [5, 5.41) is 14.2. The maximum atomic E-state index is 13.4. The lowest BCUT2D eigenvalue weighted by Crippen LogP contribution is -2.46. The smallest absolute Gasteiger partial charge is 0.225 e. The molecule has 0 radical (unpaired) electrons. The predicted molar refractivity (Wildman–Crippen MR) is 68.1 cm³/mol. The highest BCUT2D eigenvalue weighted by Crippen LogP contribution is 2.32. The molecule has 7 heteroatoms. The summed E-state index contributed by atoms with van der Waals surface area (Å²) >= 11 is 0. The Bertz CT molecular complexity index is 544. The minimum atomic E-state index is -0.771. The SMILES string of the molecule is N/C(=N/O)C(NC(=O)Cc1ccc(F)cc1F)C1CC1. The molecule has 108 valence electrons. The lowest BCUT2D eigenvalue weighted by molar-refractivity contribution is -0.120. The van der Waals surface area contributed by atoms with E-state index in [1.54, 1.807) is 0 Å². The van der Waals surface area contributed by atoms with Crippen LogP contribution < -0.4 is 11.1 Å². The zero-order chi connectivity index (χ0) is 14.7. The van der Waals surface area contributed by atoms with Crippen LogP contribution in [0.1, 0.15) is 18.4 Å². The Labute approximate surface area is 114 Å². The third-order valence-corrected chi connectivity index (χ3v) is 3.21. The Balaban J connectivity index is 2.00. The summed E-state index contributed by atoms with van der Waals surface area (Å²) < 4.78 is 26.2. The van der Waals surface area contributed by atoms with Crippen molar-refractivity contribution in [1.82, 2.24) is 5.32 Å². The van der Waals surface area contributed by atoms with Crippen molar-refractivity contribution in [3.8, 4) is 0 Å². The van der Waals surface area contributed by atoms with Crippen LogP contribution in [0.3, 0.4) is 0 Å². The van der Waals surface area contributed by atoms with Crippen LogP contribution in [0.2, 0.25) is 0 Å². The fourth-order valence-corrected chi connectivity index (χ4v) is 1.99. The number of nitrogens with zero attached hydrogens (tertiary/aromatic N) is 1. The summed E-state index contributed by atoms with van der Waals surface area (Å²) in [7, 11) is 0. The van der Waals surface area contributed by atoms with Crippen LogP contribution in [0.15, 0.2) is 23.4 Å². The summed E-state index contributed by atoms with van der Waals surface area (Å²) in [5.74, 6) is -1.85. The number of amides is 1. The number of rotatable bonds is 5. The topological polar surface area (TPSA) is 87.7 Å². The van der Waals surface area contributed by atoms with Gasteiger partial charge in [-0.05, 0) is 30.4 Å². The third kappa shape index (κ3) is 3.43. The zero-order valence-corrected chi connectivity index (χ0v) is 10.6. The standard InChI is InChI=1S/C13H15F2N3O2/c14-9-4-3-8(10(15)6-9)5-11(19)17-12(7-1-2-7)13(16)18-20/h3-4,6-7,12,20H,1-2,5H2,(H2,16,18)(H,17,19). The second kappa shape index (κ2) is 5.85. The second-order valence-electron chi connectivity index (χ2n) is 4.82. The minimum Gasteiger partial charge on any atom is -0.409 e. The molecule has 4 N–H and O–H groups in total. The van der Waals surface area contributed by atoms with Crippen LogP contribution in [0.5, 0.6) is 0 Å². The van der Waals surface area contributed by atoms with Gasteiger partial charge in [-0.1, -0.05) is 11.2 Å². The molecule has 20 heavy (non-hydrogen) atoms. The van der Waals surface area contributed by atoms with E-state index in [1.807, 2.05) is 0 Å². The Kier molecular flexibility index (Phi) is 4.16. The number of nitrogens with two attached hydrogens (primary N) is 1. The van der Waals surface area contributed by atoms with Gasteiger partial charge in [0, 0.05) is 6.07 Å². The highest BCUT2D eigenvalue weighted by molar-refractivity contribution is 5.91. The first-order valence-electron chi connectivity index (χ1n) is 6.22. The summed E-state index contributed by atoms with van der Waals surface area (Å²) in [4.78, 5) is 11.8. The molecule has 1 aromatic rings. The summed E-state index contributed by atoms with van der Waals surface area (Å²) in [6.45, 7) is 0. The highest BCUT2D eigenvalue weighted by atomic mass is 19.1. The van der Waals surface area contributed by atoms with Crippen molar-refractivity contribution in [2.75, 3.05) is 0 Å². The molecule has 1 fully saturated rings. The molecule has 1 unspecified atom stereocenters. The van der Waals surface area contributed by atoms with E-state index in [-0.39, 0.29) is 23.7 Å². The van der Waals surface area contributed by atoms with Crippen LogP contribution >= 0.6 is 0 Å². The molecular formula is C13H15F2N3O2. The monoisotopic (exact) mass is 283 g/mol. The molecular weight excluding hydrogens is 268 g/mol. The van der Waals surface area contributed by atoms with E-state index in [0.29, 0.717) is 0 Å². The number of hydrogen-bond donors (Lipinski definition) is 3. The van der Waals surface area contributed by atoms with Crippen molar-refractivity contribution in [2.45, 2.75) is 25.3 Å². The van der Waals surface area contributed by atoms with Gasteiger partial charge in [0.1, 0.15) is 11.6 Å². The van der Waals surface area contributed by atoms with E-state index in [1.165, 1.54) is 6.07 Å². The molecule has 1 atom stereocenters. The van der Waals surface area contributed by atoms with Crippen molar-refractivity contribution in [2.24, 2.45) is 16.8 Å². The van der Waals surface area contributed by atoms with E-state index in [9.17, 15) is 13.6 Å². The number of hydrogen-bond acceptors (Lipinski definition) is 3. The first kappa shape index (κ1) is 14.2. The molecule has 0 heterocycles. The third-order valence-electron chi connectivity index (χ3n) is 3.21. The number of carbonyl (C=O) groups excluding carboxylic acids is 1. The van der Waals surface area contributed by atoms with Crippen LogP contribution in [0.25, 0.3) is 0 Å². The second-order valence-corrected chi connectivity index (χ2v) is 4.82. The largest absolute Gasteiger partial charge is 0.409 e. The van der Waals surface area contributed by atoms with Gasteiger partial charge in [-0.15, -0.1) is 0 Å². The number of amidine groups is 1. The molecule has 2 rings (SSSR count). The van der Waals surface area contributed by atoms with Gasteiger partial charge >= 0.3 is 0 Å². The van der Waals surface area contributed by atoms with Gasteiger partial charge in [-0.25, -0.2) is 8.78 Å². The van der Waals surface area contributed by atoms with Crippen molar-refractivity contribution in [3.63, 3.8) is 0 Å². The molecule has 0 saturated heterocycles. The molecule has 0 bridgehead atoms. The summed E-state index contributed by atoms with van der Waals surface area (Å²) in [6.07, 6.45) is 1.53. The van der Waals surface area contributed by atoms with E-state index < -0.39 is 23.6 Å². The van der Waals surface area contributed by atoms with Crippen molar-refractivity contribution < 1.29 is 18.8 Å². The normalized spacial score (nSPS) is 16.8. The lowest BCUT2D eigenvalue weighted by Gasteiger charge is -2.16. The first-order chi connectivity index (χ1) is 9.51. The molecule has 1 saturated carbocycles. The van der Waals surface area contributed by atoms with Gasteiger partial charge < -0.3 is 16.3 Å². The van der Waals surface area contributed by atoms with Crippen LogP contribution in [0, 0.1) is 17.6 Å². The number of halogens is 2. The Hall–Kier alpha value is -2.18. The van der Waals surface area contributed by atoms with Gasteiger partial charge in [0.05, 0.1) is 12.5 Å². The lowest BCUT2D eigenvalue weighted by atomic mass is 10.1. The number of nitrogens with one attached hydrogen (secondary N) is 1. The van der Waals surface area contributed by atoms with Crippen molar-refractivity contribution in [3.05, 3.63) is 35.4 Å². The van der Waals surface area contributed by atoms with Crippen LogP contribution in [0.4, 0.5) is 8.78 Å². The average molecular weight is 283 g/mol. The van der Waals surface area contributed by atoms with Gasteiger partial charge in [-0.3, -0.25) is 4.79 Å². The Morgan fingerprint density at radius 2 is 2.20 bits per heavy atom. The predicted octanol–water partition coefficient (Wildman–Crippen LogP) is 1.15. The number of carbonyl (C=O) groups is 1. The van der Waals surface area contributed by atoms with E-state index >= 15 is 0 Å². The maximum Gasteiger partial charge on any atom is 0.225 e. The molecule has 1 aliphatic rings. The molecule has 0 spiro atoms. The maximum absolute atomic E-state index is 13.4. The zero-order valence-electron chi connectivity index (χ0n) is 10.6. The molecule has 1 amide bonds. The average Bonchev–Trinajstić information content (AvgIpc) is 3.23. The highest BCUT2D eigenvalue weighted by Gasteiger charge is 2.35. The van der Waals surface area contributed by atoms with Gasteiger partial charge in [0.15, 0.2) is 5.84 Å². The van der Waals surface area contributed by atoms with E-state index in [4.69, 9.17) is 10.9 Å². The van der Waals surface area contributed by atoms with Crippen LogP contribution in [-0.4, -0.2) is 23.0 Å². The fourth-order valence-electron chi connectivity index (χ4n) is 1.99. The van der Waals surface area contributed by atoms with Crippen molar-refractivity contribution in [1.29, 1.82) is 0 Å². The van der Waals surface area contributed by atoms with E-state index in [0.717, 1.165) is 25.0 Å².